The molecule has 0 atom stereocenters. The van der Waals surface area contributed by atoms with Gasteiger partial charge in [0.1, 0.15) is 5.69 Å². The minimum atomic E-state index is -4.87. The van der Waals surface area contributed by atoms with E-state index in [1.807, 2.05) is 0 Å². The van der Waals surface area contributed by atoms with Crippen LogP contribution in [0.4, 0.5) is 27.6 Å². The Morgan fingerprint density at radius 2 is 1.80 bits per heavy atom. The highest BCUT2D eigenvalue weighted by Crippen LogP contribution is 2.26. The predicted molar refractivity (Wildman–Crippen MR) is 45.4 cm³/mol. The second-order valence-corrected chi connectivity index (χ2v) is 2.83. The van der Waals surface area contributed by atoms with Crippen LogP contribution in [-0.4, -0.2) is 11.3 Å². The van der Waals surface area contributed by atoms with Gasteiger partial charge in [0, 0.05) is 0 Å². The van der Waals surface area contributed by atoms with Crippen LogP contribution in [0.2, 0.25) is 0 Å². The van der Waals surface area contributed by atoms with Crippen LogP contribution in [0, 0.1) is 11.6 Å². The maximum absolute atomic E-state index is 12.8. The molecular formula is C8H3ClF5N. The Morgan fingerprint density at radius 1 is 1.20 bits per heavy atom. The van der Waals surface area contributed by atoms with Gasteiger partial charge in [0.15, 0.2) is 11.6 Å². The number of halogens is 6. The number of alkyl halides is 3. The van der Waals surface area contributed by atoms with E-state index in [1.54, 1.807) is 0 Å². The van der Waals surface area contributed by atoms with Crippen molar-refractivity contribution in [1.82, 2.24) is 0 Å². The molecule has 0 aliphatic carbocycles. The van der Waals surface area contributed by atoms with Crippen LogP contribution in [0.3, 0.4) is 0 Å². The summed E-state index contributed by atoms with van der Waals surface area (Å²) in [7, 11) is 0. The molecule has 1 aromatic rings. The third-order valence-electron chi connectivity index (χ3n) is 1.38. The molecule has 15 heavy (non-hydrogen) atoms. The first-order valence-corrected chi connectivity index (χ1v) is 3.95. The van der Waals surface area contributed by atoms with Gasteiger partial charge in [0.2, 0.25) is 5.17 Å². The molecule has 1 aromatic carbocycles. The largest absolute Gasteiger partial charge is 0.444 e. The van der Waals surface area contributed by atoms with Crippen molar-refractivity contribution in [2.75, 3.05) is 0 Å². The van der Waals surface area contributed by atoms with Crippen molar-refractivity contribution in [1.29, 1.82) is 0 Å². The summed E-state index contributed by atoms with van der Waals surface area (Å²) in [6, 6.07) is 2.67. The number of aliphatic imine (C=N–C) groups is 1. The van der Waals surface area contributed by atoms with E-state index in [9.17, 15) is 22.0 Å². The van der Waals surface area contributed by atoms with Crippen LogP contribution >= 0.6 is 11.6 Å². The van der Waals surface area contributed by atoms with E-state index in [1.165, 1.54) is 0 Å². The Bertz CT molecular complexity index is 399. The first kappa shape index (κ1) is 11.9. The molecule has 0 heterocycles. The number of benzene rings is 1. The third-order valence-corrected chi connectivity index (χ3v) is 1.68. The topological polar surface area (TPSA) is 12.4 Å². The molecule has 0 saturated heterocycles. The van der Waals surface area contributed by atoms with Gasteiger partial charge in [-0.25, -0.2) is 13.8 Å². The minimum absolute atomic E-state index is 0.760. The predicted octanol–water partition coefficient (Wildman–Crippen LogP) is 3.80. The Labute approximate surface area is 86.2 Å². The van der Waals surface area contributed by atoms with Crippen LogP contribution in [0.5, 0.6) is 0 Å². The Balaban J connectivity index is 3.15. The van der Waals surface area contributed by atoms with Gasteiger partial charge in [-0.15, -0.1) is 0 Å². The molecule has 0 N–H and O–H groups in total. The van der Waals surface area contributed by atoms with Crippen molar-refractivity contribution >= 4 is 22.5 Å². The summed E-state index contributed by atoms with van der Waals surface area (Å²) in [5.41, 5.74) is -0.794. The molecule has 0 unspecified atom stereocenters. The smallest absolute Gasteiger partial charge is 0.229 e. The second kappa shape index (κ2) is 4.14. The Kier molecular flexibility index (Phi) is 3.28. The van der Waals surface area contributed by atoms with Crippen LogP contribution in [0.25, 0.3) is 0 Å². The van der Waals surface area contributed by atoms with E-state index in [-0.39, 0.29) is 0 Å². The quantitative estimate of drug-likeness (QED) is 0.526. The van der Waals surface area contributed by atoms with Crippen molar-refractivity contribution in [3.8, 4) is 0 Å². The molecule has 82 valence electrons. The Hall–Kier alpha value is -1.17. The van der Waals surface area contributed by atoms with Crippen molar-refractivity contribution in [2.24, 2.45) is 4.99 Å². The monoisotopic (exact) mass is 243 g/mol. The molecule has 1 rings (SSSR count). The summed E-state index contributed by atoms with van der Waals surface area (Å²) in [6.45, 7) is 0. The summed E-state index contributed by atoms with van der Waals surface area (Å²) in [5, 5.41) is -1.76. The van der Waals surface area contributed by atoms with Gasteiger partial charge in [0.05, 0.1) is 0 Å². The highest BCUT2D eigenvalue weighted by atomic mass is 35.5. The normalized spacial score (nSPS) is 13.1. The van der Waals surface area contributed by atoms with Crippen LogP contribution in [0.15, 0.2) is 23.2 Å². The lowest BCUT2D eigenvalue weighted by Gasteiger charge is -2.03. The Morgan fingerprint density at radius 3 is 2.33 bits per heavy atom. The van der Waals surface area contributed by atoms with Crippen molar-refractivity contribution < 1.29 is 22.0 Å². The molecular weight excluding hydrogens is 241 g/mol. The van der Waals surface area contributed by atoms with E-state index in [2.05, 4.69) is 4.99 Å². The molecule has 7 heteroatoms. The number of hydrogen-bond donors (Lipinski definition) is 0. The van der Waals surface area contributed by atoms with Gasteiger partial charge >= 0.3 is 6.18 Å². The summed E-state index contributed by atoms with van der Waals surface area (Å²) in [5.74, 6) is -2.76. The fourth-order valence-corrected chi connectivity index (χ4v) is 0.839. The van der Waals surface area contributed by atoms with Crippen LogP contribution in [0.1, 0.15) is 0 Å². The molecule has 1 nitrogen and oxygen atoms in total. The molecule has 0 aliphatic heterocycles. The van der Waals surface area contributed by atoms with E-state index >= 15 is 0 Å². The zero-order valence-electron chi connectivity index (χ0n) is 6.95. The maximum atomic E-state index is 12.8. The second-order valence-electron chi connectivity index (χ2n) is 2.47. The first-order chi connectivity index (χ1) is 6.82. The zero-order chi connectivity index (χ0) is 11.6. The van der Waals surface area contributed by atoms with Crippen molar-refractivity contribution in [3.63, 3.8) is 0 Å². The number of nitrogens with zero attached hydrogens (tertiary/aromatic N) is 1. The standard InChI is InChI=1S/C8H3ClF5N/c9-7(8(12,13)14)15-5-3-1-2-4(10)6(5)11/h1-3H. The van der Waals surface area contributed by atoms with Gasteiger partial charge < -0.3 is 0 Å². The molecule has 0 fully saturated rings. The average Bonchev–Trinajstić information content (AvgIpc) is 2.11. The van der Waals surface area contributed by atoms with Crippen molar-refractivity contribution in [2.45, 2.75) is 6.18 Å². The number of hydrogen-bond acceptors (Lipinski definition) is 1. The number of rotatable bonds is 1. The highest BCUT2D eigenvalue weighted by Gasteiger charge is 2.34. The van der Waals surface area contributed by atoms with Crippen LogP contribution in [-0.2, 0) is 0 Å². The molecule has 0 amide bonds. The van der Waals surface area contributed by atoms with Gasteiger partial charge in [-0.05, 0) is 12.1 Å². The van der Waals surface area contributed by atoms with E-state index in [0.29, 0.717) is 0 Å². The maximum Gasteiger partial charge on any atom is 0.444 e. The molecule has 0 radical (unpaired) electrons. The van der Waals surface area contributed by atoms with Gasteiger partial charge in [-0.1, -0.05) is 17.7 Å². The summed E-state index contributed by atoms with van der Waals surface area (Å²) < 4.78 is 61.1. The highest BCUT2D eigenvalue weighted by molar-refractivity contribution is 6.67. The average molecular weight is 244 g/mol. The fourth-order valence-electron chi connectivity index (χ4n) is 0.748. The van der Waals surface area contributed by atoms with Gasteiger partial charge in [-0.3, -0.25) is 0 Å². The molecule has 0 aliphatic rings. The lowest BCUT2D eigenvalue weighted by atomic mass is 10.3. The molecule has 0 bridgehead atoms. The summed E-state index contributed by atoms with van der Waals surface area (Å²) in [6.07, 6.45) is -4.87. The van der Waals surface area contributed by atoms with Gasteiger partial charge in [0.25, 0.3) is 0 Å². The molecule has 0 spiro atoms. The SMILES string of the molecule is Fc1cccc(N=C(Cl)C(F)(F)F)c1F. The van der Waals surface area contributed by atoms with E-state index < -0.39 is 28.7 Å². The fraction of sp³-hybridized carbons (Fsp3) is 0.125. The van der Waals surface area contributed by atoms with Crippen molar-refractivity contribution in [3.05, 3.63) is 29.8 Å². The van der Waals surface area contributed by atoms with Gasteiger partial charge in [-0.2, -0.15) is 13.2 Å². The molecule has 0 saturated carbocycles. The lowest BCUT2D eigenvalue weighted by Crippen LogP contribution is -2.16. The zero-order valence-corrected chi connectivity index (χ0v) is 7.70. The van der Waals surface area contributed by atoms with Crippen LogP contribution < -0.4 is 0 Å². The lowest BCUT2D eigenvalue weighted by molar-refractivity contribution is -0.0558. The first-order valence-electron chi connectivity index (χ1n) is 3.58. The minimum Gasteiger partial charge on any atom is -0.229 e. The summed E-state index contributed by atoms with van der Waals surface area (Å²) in [4.78, 5) is 2.73. The third kappa shape index (κ3) is 2.89. The van der Waals surface area contributed by atoms with E-state index in [4.69, 9.17) is 11.6 Å². The molecule has 0 aromatic heterocycles. The van der Waals surface area contributed by atoms with E-state index in [0.717, 1.165) is 18.2 Å². The summed E-state index contributed by atoms with van der Waals surface area (Å²) >= 11 is 4.75.